The van der Waals surface area contributed by atoms with Gasteiger partial charge in [0.25, 0.3) is 0 Å². The van der Waals surface area contributed by atoms with E-state index in [4.69, 9.17) is 4.74 Å². The first-order valence-electron chi connectivity index (χ1n) is 18.0. The minimum atomic E-state index is 0.103. The molecule has 5 heteroatoms. The summed E-state index contributed by atoms with van der Waals surface area (Å²) < 4.78 is 6.31. The van der Waals surface area contributed by atoms with Crippen molar-refractivity contribution < 1.29 is 14.3 Å². The van der Waals surface area contributed by atoms with Gasteiger partial charge >= 0.3 is 0 Å². The third kappa shape index (κ3) is 14.9. The highest BCUT2D eigenvalue weighted by Gasteiger charge is 2.17. The number of carbonyl (C=O) groups excluding carboxylic acids is 2. The summed E-state index contributed by atoms with van der Waals surface area (Å²) in [7, 11) is 0. The van der Waals surface area contributed by atoms with Crippen molar-refractivity contribution in [1.29, 1.82) is 0 Å². The molecule has 254 valence electrons. The van der Waals surface area contributed by atoms with Crippen molar-refractivity contribution in [2.45, 2.75) is 106 Å². The molecule has 1 atom stereocenters. The van der Waals surface area contributed by atoms with E-state index in [2.05, 4.69) is 78.3 Å². The van der Waals surface area contributed by atoms with Gasteiger partial charge in [-0.25, -0.2) is 0 Å². The Kier molecular flexibility index (Phi) is 19.7. The van der Waals surface area contributed by atoms with Crippen LogP contribution in [0.15, 0.2) is 72.5 Å². The Hall–Kier alpha value is -3.18. The number of carbonyl (C=O) groups is 2. The number of nitrogens with zero attached hydrogens (tertiary/aromatic N) is 2. The van der Waals surface area contributed by atoms with Crippen LogP contribution in [0.1, 0.15) is 114 Å². The molecule has 1 heterocycles. The van der Waals surface area contributed by atoms with Crippen molar-refractivity contribution in [3.8, 4) is 5.75 Å². The van der Waals surface area contributed by atoms with Crippen LogP contribution in [0, 0.1) is 5.92 Å². The number of ketones is 2. The van der Waals surface area contributed by atoms with Crippen LogP contribution in [0.2, 0.25) is 0 Å². The van der Waals surface area contributed by atoms with Crippen LogP contribution in [0.4, 0.5) is 0 Å². The van der Waals surface area contributed by atoms with Crippen LogP contribution in [0.5, 0.6) is 5.75 Å². The van der Waals surface area contributed by atoms with Gasteiger partial charge in [0.15, 0.2) is 5.78 Å². The lowest BCUT2D eigenvalue weighted by atomic mass is 9.88. The molecule has 0 radical (unpaired) electrons. The largest absolute Gasteiger partial charge is 0.493 e. The molecule has 2 aromatic carbocycles. The van der Waals surface area contributed by atoms with Gasteiger partial charge in [-0.1, -0.05) is 81.3 Å². The fourth-order valence-corrected chi connectivity index (χ4v) is 6.16. The number of piperazine rings is 1. The summed E-state index contributed by atoms with van der Waals surface area (Å²) in [6, 6.07) is 16.6. The molecule has 0 amide bonds. The number of benzene rings is 2. The fourth-order valence-electron chi connectivity index (χ4n) is 6.16. The minimum absolute atomic E-state index is 0.103. The van der Waals surface area contributed by atoms with E-state index in [0.29, 0.717) is 12.3 Å². The van der Waals surface area contributed by atoms with Crippen LogP contribution < -0.4 is 4.74 Å². The maximum atomic E-state index is 11.7. The van der Waals surface area contributed by atoms with Gasteiger partial charge in [-0.3, -0.25) is 9.69 Å². The average Bonchev–Trinajstić information content (AvgIpc) is 3.07. The summed E-state index contributed by atoms with van der Waals surface area (Å²) in [5, 5.41) is 0. The summed E-state index contributed by atoms with van der Waals surface area (Å²) in [6.07, 6.45) is 16.9. The first-order valence-corrected chi connectivity index (χ1v) is 18.0. The molecule has 0 aromatic heterocycles. The predicted octanol–water partition coefficient (Wildman–Crippen LogP) is 9.50. The summed E-state index contributed by atoms with van der Waals surface area (Å²) in [4.78, 5) is 28.2. The Balaban J connectivity index is 0.00000361. The SMILES string of the molecule is C/C=C\C(=C/C)N1CCN(CCCCCOc2ccccc2CCC(CCCCC(C)=O)Cc2ccc(C(C)=O)cc2)CC1.CC. The normalized spacial score (nSPS) is 14.6. The molecule has 0 saturated carbocycles. The first-order chi connectivity index (χ1) is 22.4. The third-order valence-electron chi connectivity index (χ3n) is 8.82. The molecule has 0 aliphatic carbocycles. The number of rotatable bonds is 20. The van der Waals surface area contributed by atoms with Crippen molar-refractivity contribution in [2.75, 3.05) is 39.3 Å². The van der Waals surface area contributed by atoms with E-state index in [1.807, 2.05) is 26.0 Å². The number of unbranched alkanes of at least 4 members (excludes halogenated alkanes) is 3. The lowest BCUT2D eigenvalue weighted by Crippen LogP contribution is -2.45. The number of allylic oxidation sites excluding steroid dienone is 3. The maximum Gasteiger partial charge on any atom is 0.159 e. The Bertz CT molecular complexity index is 1190. The summed E-state index contributed by atoms with van der Waals surface area (Å²) in [5.74, 6) is 1.92. The van der Waals surface area contributed by atoms with Crippen LogP contribution in [-0.4, -0.2) is 60.7 Å². The van der Waals surface area contributed by atoms with Gasteiger partial charge in [0, 0.05) is 43.9 Å². The molecular weight excluding hydrogens is 568 g/mol. The molecule has 0 N–H and O–H groups in total. The second kappa shape index (κ2) is 23.2. The minimum Gasteiger partial charge on any atom is -0.493 e. The van der Waals surface area contributed by atoms with E-state index in [-0.39, 0.29) is 11.6 Å². The second-order valence-corrected chi connectivity index (χ2v) is 12.4. The molecular formula is C41H62N2O3. The van der Waals surface area contributed by atoms with Crippen LogP contribution in [-0.2, 0) is 17.6 Å². The Labute approximate surface area is 281 Å². The molecule has 1 fully saturated rings. The van der Waals surface area contributed by atoms with Gasteiger partial charge in [-0.2, -0.15) is 0 Å². The van der Waals surface area contributed by atoms with Gasteiger partial charge in [-0.05, 0) is 108 Å². The number of aryl methyl sites for hydroxylation is 1. The monoisotopic (exact) mass is 630 g/mol. The number of para-hydroxylation sites is 1. The molecule has 1 unspecified atom stereocenters. The van der Waals surface area contributed by atoms with Gasteiger partial charge in [0.1, 0.15) is 11.5 Å². The topological polar surface area (TPSA) is 49.9 Å². The van der Waals surface area contributed by atoms with Gasteiger partial charge in [0.2, 0.25) is 0 Å². The van der Waals surface area contributed by atoms with E-state index in [9.17, 15) is 9.59 Å². The zero-order chi connectivity index (χ0) is 33.6. The molecule has 0 spiro atoms. The van der Waals surface area contributed by atoms with Crippen molar-refractivity contribution >= 4 is 11.6 Å². The van der Waals surface area contributed by atoms with Crippen LogP contribution in [0.25, 0.3) is 0 Å². The number of ether oxygens (including phenoxy) is 1. The highest BCUT2D eigenvalue weighted by Crippen LogP contribution is 2.26. The number of hydrogen-bond donors (Lipinski definition) is 0. The predicted molar refractivity (Wildman–Crippen MR) is 195 cm³/mol. The van der Waals surface area contributed by atoms with Crippen molar-refractivity contribution in [3.63, 3.8) is 0 Å². The maximum absolute atomic E-state index is 11.7. The Morgan fingerprint density at radius 2 is 1.57 bits per heavy atom. The molecule has 3 rings (SSSR count). The number of hydrogen-bond acceptors (Lipinski definition) is 5. The quantitative estimate of drug-likeness (QED) is 0.0829. The van der Waals surface area contributed by atoms with Crippen LogP contribution >= 0.6 is 0 Å². The highest BCUT2D eigenvalue weighted by molar-refractivity contribution is 5.94. The smallest absolute Gasteiger partial charge is 0.159 e. The molecule has 0 bridgehead atoms. The second-order valence-electron chi connectivity index (χ2n) is 12.4. The summed E-state index contributed by atoms with van der Waals surface area (Å²) >= 11 is 0. The van der Waals surface area contributed by atoms with Crippen molar-refractivity contribution in [3.05, 3.63) is 89.1 Å². The van der Waals surface area contributed by atoms with E-state index in [0.717, 1.165) is 89.0 Å². The van der Waals surface area contributed by atoms with Crippen LogP contribution in [0.3, 0.4) is 0 Å². The van der Waals surface area contributed by atoms with Crippen molar-refractivity contribution in [2.24, 2.45) is 5.92 Å². The zero-order valence-corrected chi connectivity index (χ0v) is 29.9. The lowest BCUT2D eigenvalue weighted by molar-refractivity contribution is -0.117. The molecule has 1 aliphatic rings. The zero-order valence-electron chi connectivity index (χ0n) is 29.9. The molecule has 1 aliphatic heterocycles. The van der Waals surface area contributed by atoms with Gasteiger partial charge < -0.3 is 14.4 Å². The molecule has 1 saturated heterocycles. The average molecular weight is 631 g/mol. The molecule has 5 nitrogen and oxygen atoms in total. The van der Waals surface area contributed by atoms with Gasteiger partial charge in [0.05, 0.1) is 6.61 Å². The van der Waals surface area contributed by atoms with Crippen molar-refractivity contribution in [1.82, 2.24) is 9.80 Å². The Morgan fingerprint density at radius 3 is 2.22 bits per heavy atom. The van der Waals surface area contributed by atoms with E-state index in [1.54, 1.807) is 13.8 Å². The highest BCUT2D eigenvalue weighted by atomic mass is 16.5. The van der Waals surface area contributed by atoms with Gasteiger partial charge in [-0.15, -0.1) is 0 Å². The summed E-state index contributed by atoms with van der Waals surface area (Å²) in [6.45, 7) is 17.9. The first kappa shape index (κ1) is 39.0. The van der Waals surface area contributed by atoms with E-state index >= 15 is 0 Å². The number of Topliss-reactive ketones (excluding diaryl/α,β-unsaturated/α-hetero) is 2. The lowest BCUT2D eigenvalue weighted by Gasteiger charge is -2.36. The molecule has 2 aromatic rings. The Morgan fingerprint density at radius 1 is 0.848 bits per heavy atom. The fraction of sp³-hybridized carbons (Fsp3) is 0.561. The van der Waals surface area contributed by atoms with E-state index < -0.39 is 0 Å². The van der Waals surface area contributed by atoms with E-state index in [1.165, 1.54) is 36.2 Å². The standard InChI is InChI=1S/C39H56N2O3.C2H6/c1-5-14-38(6-2)41-28-26-40(27-29-41)25-12-7-13-30-44-39-18-11-10-17-37(39)24-21-34(16-9-8-15-32(3)42)31-35-19-22-36(23-20-35)33(4)43;1-2/h5-6,10-11,14,17-20,22-23,34H,7-9,12-13,15-16,21,24-31H2,1-4H3;1-2H3/b14-5-,38-6+;. The third-order valence-corrected chi connectivity index (χ3v) is 8.82. The summed E-state index contributed by atoms with van der Waals surface area (Å²) in [5.41, 5.74) is 4.66. The molecule has 46 heavy (non-hydrogen) atoms.